The number of likely N-dealkylation sites (N-methyl/N-ethyl adjacent to an activating group) is 1. The summed E-state index contributed by atoms with van der Waals surface area (Å²) in [4.78, 5) is 3.78. The van der Waals surface area contributed by atoms with Crippen LogP contribution in [0, 0.1) is 0 Å². The summed E-state index contributed by atoms with van der Waals surface area (Å²) in [5, 5.41) is 6.04. The molecule has 0 aliphatic heterocycles. The summed E-state index contributed by atoms with van der Waals surface area (Å²) in [6.07, 6.45) is 0. The van der Waals surface area contributed by atoms with Gasteiger partial charge in [-0.15, -0.1) is 0 Å². The molecule has 0 spiro atoms. The number of hydrogen-bond donors (Lipinski definition) is 3. The maximum Gasteiger partial charge on any atom is 0.188 e. The summed E-state index contributed by atoms with van der Waals surface area (Å²) in [6.45, 7) is 3.66. The van der Waals surface area contributed by atoms with Crippen LogP contribution in [0.5, 0.6) is 0 Å². The average molecular weight is 190 g/mol. The van der Waals surface area contributed by atoms with Crippen LogP contribution in [0.15, 0.2) is 4.99 Å². The summed E-state index contributed by atoms with van der Waals surface area (Å²) >= 11 is 0. The topological polar surface area (TPSA) is 62.4 Å². The second kappa shape index (κ2) is 6.65. The van der Waals surface area contributed by atoms with Gasteiger partial charge in [0.05, 0.1) is 6.54 Å². The highest BCUT2D eigenvalue weighted by molar-refractivity contribution is 5.78. The fourth-order valence-corrected chi connectivity index (χ4v) is 0.817. The minimum absolute atomic E-state index is 0.124. The Morgan fingerprint density at radius 2 is 2.08 bits per heavy atom. The van der Waals surface area contributed by atoms with Crippen LogP contribution in [-0.2, 0) is 0 Å². The zero-order valence-corrected chi connectivity index (χ0v) is 8.47. The molecule has 0 radical (unpaired) electrons. The van der Waals surface area contributed by atoms with E-state index in [-0.39, 0.29) is 12.6 Å². The fourth-order valence-electron chi connectivity index (χ4n) is 0.817. The van der Waals surface area contributed by atoms with Crippen molar-refractivity contribution < 1.29 is 4.39 Å². The maximum absolute atomic E-state index is 11.7. The highest BCUT2D eigenvalue weighted by Crippen LogP contribution is 1.89. The summed E-state index contributed by atoms with van der Waals surface area (Å²) < 4.78 is 11.7. The SMILES string of the molecule is CNC(C)[C@H](C)NC(N)=NCCF. The van der Waals surface area contributed by atoms with Crippen molar-refractivity contribution in [3.8, 4) is 0 Å². The Bertz CT molecular complexity index is 160. The Kier molecular flexibility index (Phi) is 6.22. The number of hydrogen-bond acceptors (Lipinski definition) is 2. The van der Waals surface area contributed by atoms with E-state index >= 15 is 0 Å². The predicted molar refractivity (Wildman–Crippen MR) is 53.6 cm³/mol. The van der Waals surface area contributed by atoms with Crippen LogP contribution in [0.25, 0.3) is 0 Å². The molecule has 4 nitrogen and oxygen atoms in total. The van der Waals surface area contributed by atoms with Crippen LogP contribution in [0.1, 0.15) is 13.8 Å². The van der Waals surface area contributed by atoms with E-state index in [0.717, 1.165) is 0 Å². The first-order valence-corrected chi connectivity index (χ1v) is 4.41. The predicted octanol–water partition coefficient (Wildman–Crippen LogP) is -0.143. The highest BCUT2D eigenvalue weighted by Gasteiger charge is 2.09. The van der Waals surface area contributed by atoms with Crippen molar-refractivity contribution in [1.82, 2.24) is 10.6 Å². The van der Waals surface area contributed by atoms with Crippen molar-refractivity contribution in [3.63, 3.8) is 0 Å². The van der Waals surface area contributed by atoms with Gasteiger partial charge in [0, 0.05) is 12.1 Å². The third kappa shape index (κ3) is 5.41. The van der Waals surface area contributed by atoms with E-state index in [2.05, 4.69) is 15.6 Å². The van der Waals surface area contributed by atoms with Gasteiger partial charge in [0.2, 0.25) is 0 Å². The van der Waals surface area contributed by atoms with Gasteiger partial charge in [0.25, 0.3) is 0 Å². The maximum atomic E-state index is 11.7. The Hall–Kier alpha value is -0.840. The number of nitrogens with two attached hydrogens (primary N) is 1. The summed E-state index contributed by atoms with van der Waals surface area (Å²) in [5.74, 6) is 0.298. The lowest BCUT2D eigenvalue weighted by molar-refractivity contribution is 0.479. The number of nitrogens with one attached hydrogen (secondary N) is 2. The van der Waals surface area contributed by atoms with Gasteiger partial charge in [0.1, 0.15) is 6.67 Å². The Morgan fingerprint density at radius 3 is 2.54 bits per heavy atom. The van der Waals surface area contributed by atoms with Crippen molar-refractivity contribution >= 4 is 5.96 Å². The van der Waals surface area contributed by atoms with E-state index in [1.165, 1.54) is 0 Å². The molecule has 4 N–H and O–H groups in total. The second-order valence-corrected chi connectivity index (χ2v) is 2.97. The molecule has 0 heterocycles. The van der Waals surface area contributed by atoms with E-state index in [1.54, 1.807) is 0 Å². The van der Waals surface area contributed by atoms with E-state index in [0.29, 0.717) is 12.0 Å². The lowest BCUT2D eigenvalue weighted by atomic mass is 10.2. The van der Waals surface area contributed by atoms with Crippen molar-refractivity contribution in [2.24, 2.45) is 10.7 Å². The lowest BCUT2D eigenvalue weighted by Gasteiger charge is -2.20. The third-order valence-electron chi connectivity index (χ3n) is 1.95. The van der Waals surface area contributed by atoms with Gasteiger partial charge < -0.3 is 16.4 Å². The normalized spacial score (nSPS) is 16.8. The minimum Gasteiger partial charge on any atom is -0.370 e. The monoisotopic (exact) mass is 190 g/mol. The first-order chi connectivity index (χ1) is 6.11. The number of halogens is 1. The van der Waals surface area contributed by atoms with Gasteiger partial charge in [-0.25, -0.2) is 4.39 Å². The molecule has 0 rings (SSSR count). The number of aliphatic imine (C=N–C) groups is 1. The Morgan fingerprint density at radius 1 is 1.46 bits per heavy atom. The van der Waals surface area contributed by atoms with Crippen LogP contribution < -0.4 is 16.4 Å². The third-order valence-corrected chi connectivity index (χ3v) is 1.95. The van der Waals surface area contributed by atoms with Crippen LogP contribution in [0.2, 0.25) is 0 Å². The minimum atomic E-state index is -0.474. The standard InChI is InChI=1S/C8H19FN4/c1-6(11-3)7(2)13-8(10)12-5-4-9/h6-7,11H,4-5H2,1-3H3,(H3,10,12,13)/t6?,7-/m0/s1. The Labute approximate surface area is 78.8 Å². The molecule has 1 unspecified atom stereocenters. The smallest absolute Gasteiger partial charge is 0.188 e. The average Bonchev–Trinajstić information content (AvgIpc) is 2.13. The number of rotatable bonds is 5. The number of nitrogens with zero attached hydrogens (tertiary/aromatic N) is 1. The van der Waals surface area contributed by atoms with Gasteiger partial charge >= 0.3 is 0 Å². The molecule has 0 saturated heterocycles. The van der Waals surface area contributed by atoms with E-state index in [9.17, 15) is 4.39 Å². The molecule has 78 valence electrons. The van der Waals surface area contributed by atoms with E-state index in [1.807, 2.05) is 20.9 Å². The van der Waals surface area contributed by atoms with Crippen LogP contribution in [-0.4, -0.2) is 38.3 Å². The number of alkyl halides is 1. The molecular weight excluding hydrogens is 171 g/mol. The largest absolute Gasteiger partial charge is 0.370 e. The summed E-state index contributed by atoms with van der Waals surface area (Å²) in [5.41, 5.74) is 5.50. The molecule has 2 atom stereocenters. The fraction of sp³-hybridized carbons (Fsp3) is 0.875. The number of guanidine groups is 1. The van der Waals surface area contributed by atoms with Crippen LogP contribution >= 0.6 is 0 Å². The molecule has 0 aromatic rings. The van der Waals surface area contributed by atoms with E-state index < -0.39 is 6.67 Å². The quantitative estimate of drug-likeness (QED) is 0.417. The van der Waals surface area contributed by atoms with Gasteiger partial charge in [0.15, 0.2) is 5.96 Å². The lowest BCUT2D eigenvalue weighted by Crippen LogP contribution is -2.48. The molecule has 0 aromatic heterocycles. The molecular formula is C8H19FN4. The molecule has 0 saturated carbocycles. The van der Waals surface area contributed by atoms with Crippen molar-refractivity contribution in [2.75, 3.05) is 20.3 Å². The molecule has 13 heavy (non-hydrogen) atoms. The molecule has 5 heteroatoms. The van der Waals surface area contributed by atoms with Crippen molar-refractivity contribution in [3.05, 3.63) is 0 Å². The second-order valence-electron chi connectivity index (χ2n) is 2.97. The van der Waals surface area contributed by atoms with Gasteiger partial charge in [-0.05, 0) is 20.9 Å². The molecule has 0 bridgehead atoms. The molecule has 0 aromatic carbocycles. The van der Waals surface area contributed by atoms with Crippen LogP contribution in [0.4, 0.5) is 4.39 Å². The zero-order chi connectivity index (χ0) is 10.3. The summed E-state index contributed by atoms with van der Waals surface area (Å²) in [7, 11) is 1.87. The zero-order valence-electron chi connectivity index (χ0n) is 8.47. The van der Waals surface area contributed by atoms with Crippen LogP contribution in [0.3, 0.4) is 0 Å². The van der Waals surface area contributed by atoms with Gasteiger partial charge in [-0.3, -0.25) is 4.99 Å². The van der Waals surface area contributed by atoms with Gasteiger partial charge in [-0.2, -0.15) is 0 Å². The summed E-state index contributed by atoms with van der Waals surface area (Å²) in [6, 6.07) is 0.465. The highest BCUT2D eigenvalue weighted by atomic mass is 19.1. The van der Waals surface area contributed by atoms with Gasteiger partial charge in [-0.1, -0.05) is 0 Å². The molecule has 0 amide bonds. The molecule has 0 fully saturated rings. The Balaban J connectivity index is 3.83. The van der Waals surface area contributed by atoms with E-state index in [4.69, 9.17) is 5.73 Å². The first kappa shape index (κ1) is 12.2. The van der Waals surface area contributed by atoms with Crippen molar-refractivity contribution in [2.45, 2.75) is 25.9 Å². The molecule has 0 aliphatic rings. The first-order valence-electron chi connectivity index (χ1n) is 4.41. The molecule has 0 aliphatic carbocycles. The van der Waals surface area contributed by atoms with Crippen molar-refractivity contribution in [1.29, 1.82) is 0 Å².